The number of rotatable bonds is 6. The second-order valence-corrected chi connectivity index (χ2v) is 9.33. The molecule has 5 nitrogen and oxygen atoms in total. The first-order chi connectivity index (χ1) is 14.1. The fourth-order valence-electron chi connectivity index (χ4n) is 2.98. The molecule has 0 radical (unpaired) electrons. The van der Waals surface area contributed by atoms with Crippen LogP contribution in [0.5, 0.6) is 0 Å². The molecule has 1 aliphatic rings. The maximum atomic E-state index is 13.0. The molecular weight excluding hydrogens is 429 g/mol. The molecule has 0 spiro atoms. The van der Waals surface area contributed by atoms with Crippen molar-refractivity contribution in [1.82, 2.24) is 15.2 Å². The van der Waals surface area contributed by atoms with Crippen LogP contribution in [0.1, 0.15) is 11.3 Å². The molecule has 1 atom stereocenters. The largest absolute Gasteiger partial charge is 0.349 e. The summed E-state index contributed by atoms with van der Waals surface area (Å²) in [5, 5.41) is 7.80. The van der Waals surface area contributed by atoms with Gasteiger partial charge >= 0.3 is 0 Å². The van der Waals surface area contributed by atoms with Gasteiger partial charge in [-0.2, -0.15) is 0 Å². The molecule has 1 aromatic carbocycles. The Morgan fingerprint density at radius 3 is 2.79 bits per heavy atom. The Labute approximate surface area is 180 Å². The monoisotopic (exact) mass is 447 g/mol. The van der Waals surface area contributed by atoms with Crippen molar-refractivity contribution in [2.24, 2.45) is 0 Å². The van der Waals surface area contributed by atoms with Crippen LogP contribution in [0.2, 0.25) is 0 Å². The summed E-state index contributed by atoms with van der Waals surface area (Å²) in [7, 11) is 0. The van der Waals surface area contributed by atoms with E-state index < -0.39 is 6.04 Å². The van der Waals surface area contributed by atoms with Crippen LogP contribution in [0.4, 0.5) is 4.39 Å². The molecule has 29 heavy (non-hydrogen) atoms. The summed E-state index contributed by atoms with van der Waals surface area (Å²) in [5.74, 6) is 0.415. The molecule has 4 rings (SSSR count). The number of thiophene rings is 1. The van der Waals surface area contributed by atoms with Gasteiger partial charge in [0.25, 0.3) is 0 Å². The molecule has 9 heteroatoms. The van der Waals surface area contributed by atoms with E-state index in [1.54, 1.807) is 51.5 Å². The van der Waals surface area contributed by atoms with E-state index >= 15 is 0 Å². The third kappa shape index (κ3) is 4.85. The molecule has 2 amide bonds. The second kappa shape index (κ2) is 9.06. The number of hydrogen-bond acceptors (Lipinski definition) is 6. The molecular formula is C20H18FN3O2S3. The molecule has 0 aliphatic carbocycles. The van der Waals surface area contributed by atoms with E-state index in [2.05, 4.69) is 10.3 Å². The lowest BCUT2D eigenvalue weighted by Crippen LogP contribution is -2.47. The van der Waals surface area contributed by atoms with Crippen LogP contribution in [0.15, 0.2) is 47.2 Å². The van der Waals surface area contributed by atoms with Crippen LogP contribution >= 0.6 is 34.4 Å². The molecule has 3 heterocycles. The highest BCUT2D eigenvalue weighted by atomic mass is 32.2. The minimum absolute atomic E-state index is 0.129. The highest BCUT2D eigenvalue weighted by Gasteiger charge is 2.34. The predicted molar refractivity (Wildman–Crippen MR) is 115 cm³/mol. The Balaban J connectivity index is 1.34. The minimum atomic E-state index is -0.497. The molecule has 3 aromatic rings. The van der Waals surface area contributed by atoms with Crippen molar-refractivity contribution in [3.05, 3.63) is 64.2 Å². The first-order valence-corrected chi connectivity index (χ1v) is 11.9. The summed E-state index contributed by atoms with van der Waals surface area (Å²) in [5.41, 5.74) is 1.54. The van der Waals surface area contributed by atoms with Gasteiger partial charge in [0.05, 0.1) is 29.4 Å². The number of nitrogens with one attached hydrogen (secondary N) is 1. The lowest BCUT2D eigenvalue weighted by atomic mass is 10.1. The van der Waals surface area contributed by atoms with Crippen molar-refractivity contribution < 1.29 is 14.0 Å². The van der Waals surface area contributed by atoms with Gasteiger partial charge in [0.15, 0.2) is 0 Å². The van der Waals surface area contributed by atoms with Crippen molar-refractivity contribution in [2.75, 3.05) is 11.6 Å². The maximum absolute atomic E-state index is 13.0. The van der Waals surface area contributed by atoms with Crippen molar-refractivity contribution >= 4 is 46.2 Å². The number of aromatic nitrogens is 1. The zero-order valence-corrected chi connectivity index (χ0v) is 17.8. The molecule has 0 unspecified atom stereocenters. The number of benzene rings is 1. The van der Waals surface area contributed by atoms with Gasteiger partial charge in [-0.25, -0.2) is 9.37 Å². The summed E-state index contributed by atoms with van der Waals surface area (Å²) in [6.45, 7) is 0.335. The topological polar surface area (TPSA) is 62.3 Å². The van der Waals surface area contributed by atoms with E-state index in [-0.39, 0.29) is 24.1 Å². The van der Waals surface area contributed by atoms with Gasteiger partial charge in [0, 0.05) is 11.1 Å². The molecule has 0 bridgehead atoms. The minimum Gasteiger partial charge on any atom is -0.349 e. The highest BCUT2D eigenvalue weighted by Crippen LogP contribution is 2.28. The number of hydrogen-bond donors (Lipinski definition) is 1. The van der Waals surface area contributed by atoms with Crippen molar-refractivity contribution in [2.45, 2.75) is 19.0 Å². The third-order valence-corrected chi connectivity index (χ3v) is 7.44. The standard InChI is InChI=1S/C20H18FN3O2S3/c21-14-5-3-13(4-6-14)8-18(25)24-12-27-11-16(24)19(26)22-9-15-10-29-20(23-15)17-2-1-7-28-17/h1-7,10,16H,8-9,11-12H2,(H,22,26)/t16-/m1/s1. The van der Waals surface area contributed by atoms with Gasteiger partial charge < -0.3 is 10.2 Å². The highest BCUT2D eigenvalue weighted by molar-refractivity contribution is 7.99. The molecule has 0 saturated carbocycles. The fraction of sp³-hybridized carbons (Fsp3) is 0.250. The van der Waals surface area contributed by atoms with Crippen molar-refractivity contribution in [3.63, 3.8) is 0 Å². The average Bonchev–Trinajstić information content (AvgIpc) is 3.48. The number of nitrogens with zero attached hydrogens (tertiary/aromatic N) is 2. The predicted octanol–water partition coefficient (Wildman–Crippen LogP) is 3.77. The fourth-order valence-corrected chi connectivity index (χ4v) is 5.80. The number of thiazole rings is 1. The number of halogens is 1. The van der Waals surface area contributed by atoms with Gasteiger partial charge in [0.1, 0.15) is 16.9 Å². The van der Waals surface area contributed by atoms with Gasteiger partial charge in [-0.05, 0) is 29.1 Å². The lowest BCUT2D eigenvalue weighted by Gasteiger charge is -2.23. The van der Waals surface area contributed by atoms with E-state index in [1.807, 2.05) is 22.9 Å². The zero-order valence-electron chi connectivity index (χ0n) is 15.3. The van der Waals surface area contributed by atoms with Crippen LogP contribution in [-0.2, 0) is 22.6 Å². The molecule has 2 aromatic heterocycles. The summed E-state index contributed by atoms with van der Waals surface area (Å²) < 4.78 is 13.0. The molecule has 1 aliphatic heterocycles. The van der Waals surface area contributed by atoms with Gasteiger partial charge in [-0.3, -0.25) is 9.59 Å². The summed E-state index contributed by atoms with van der Waals surface area (Å²) in [6, 6.07) is 9.37. The van der Waals surface area contributed by atoms with Crippen LogP contribution in [-0.4, -0.2) is 39.4 Å². The maximum Gasteiger partial charge on any atom is 0.244 e. The van der Waals surface area contributed by atoms with E-state index in [9.17, 15) is 14.0 Å². The molecule has 1 saturated heterocycles. The van der Waals surface area contributed by atoms with Gasteiger partial charge in [-0.15, -0.1) is 34.4 Å². The third-order valence-electron chi connectivity index (χ3n) is 4.50. The van der Waals surface area contributed by atoms with Crippen LogP contribution < -0.4 is 5.32 Å². The Morgan fingerprint density at radius 2 is 2.03 bits per heavy atom. The lowest BCUT2D eigenvalue weighted by molar-refractivity contribution is -0.137. The summed E-state index contributed by atoms with van der Waals surface area (Å²) >= 11 is 4.74. The first kappa shape index (κ1) is 20.1. The average molecular weight is 448 g/mol. The number of carbonyl (C=O) groups excluding carboxylic acids is 2. The van der Waals surface area contributed by atoms with Crippen molar-refractivity contribution in [3.8, 4) is 9.88 Å². The summed E-state index contributed by atoms with van der Waals surface area (Å²) in [4.78, 5) is 32.6. The second-order valence-electron chi connectivity index (χ2n) is 6.52. The SMILES string of the molecule is O=C(NCc1csc(-c2cccs2)n1)[C@H]1CSCN1C(=O)Cc1ccc(F)cc1. The van der Waals surface area contributed by atoms with E-state index in [1.165, 1.54) is 12.1 Å². The molecule has 1 N–H and O–H groups in total. The van der Waals surface area contributed by atoms with Crippen LogP contribution in [0.25, 0.3) is 9.88 Å². The summed E-state index contributed by atoms with van der Waals surface area (Å²) in [6.07, 6.45) is 0.154. The Bertz CT molecular complexity index is 989. The smallest absolute Gasteiger partial charge is 0.244 e. The van der Waals surface area contributed by atoms with E-state index in [0.29, 0.717) is 18.2 Å². The molecule has 1 fully saturated rings. The Morgan fingerprint density at radius 1 is 1.21 bits per heavy atom. The van der Waals surface area contributed by atoms with E-state index in [0.717, 1.165) is 21.1 Å². The van der Waals surface area contributed by atoms with Gasteiger partial charge in [-0.1, -0.05) is 18.2 Å². The Kier molecular flexibility index (Phi) is 6.27. The molecule has 150 valence electrons. The quantitative estimate of drug-likeness (QED) is 0.625. The number of carbonyl (C=O) groups is 2. The normalized spacial score (nSPS) is 16.2. The first-order valence-electron chi connectivity index (χ1n) is 8.98. The van der Waals surface area contributed by atoms with Gasteiger partial charge in [0.2, 0.25) is 11.8 Å². The van der Waals surface area contributed by atoms with E-state index in [4.69, 9.17) is 0 Å². The van der Waals surface area contributed by atoms with Crippen LogP contribution in [0.3, 0.4) is 0 Å². The number of amides is 2. The zero-order chi connectivity index (χ0) is 20.2. The number of thioether (sulfide) groups is 1. The van der Waals surface area contributed by atoms with Crippen LogP contribution in [0, 0.1) is 5.82 Å². The Hall–Kier alpha value is -2.23. The van der Waals surface area contributed by atoms with Crippen molar-refractivity contribution in [1.29, 1.82) is 0 Å².